The van der Waals surface area contributed by atoms with Gasteiger partial charge in [0.15, 0.2) is 5.65 Å². The zero-order chi connectivity index (χ0) is 19.7. The maximum atomic E-state index is 12.5. The number of aromatic nitrogens is 4. The molecule has 1 unspecified atom stereocenters. The average Bonchev–Trinajstić information content (AvgIpc) is 3.07. The largest absolute Gasteiger partial charge is 0.350 e. The van der Waals surface area contributed by atoms with Crippen LogP contribution in [0.5, 0.6) is 0 Å². The second-order valence-electron chi connectivity index (χ2n) is 7.09. The van der Waals surface area contributed by atoms with E-state index >= 15 is 0 Å². The van der Waals surface area contributed by atoms with Crippen molar-refractivity contribution < 1.29 is 4.79 Å². The molecule has 0 saturated carbocycles. The Bertz CT molecular complexity index is 1150. The van der Waals surface area contributed by atoms with Crippen LogP contribution in [0.1, 0.15) is 41.9 Å². The van der Waals surface area contributed by atoms with Crippen LogP contribution in [0, 0.1) is 13.8 Å². The standard InChI is InChI=1S/C22H23N5O/c1-14(17-7-6-12-23-13-17)24-21(28)11-10-18-15(2)25-22-19-8-4-5-9-20(19)26-27(22)16(18)3/h4-9,12-14H,10-11H2,1-3H3,(H,24,28). The van der Waals surface area contributed by atoms with Crippen molar-refractivity contribution in [3.8, 4) is 0 Å². The molecule has 1 amide bonds. The van der Waals surface area contributed by atoms with Gasteiger partial charge in [-0.25, -0.2) is 9.50 Å². The Kier molecular flexibility index (Phi) is 4.77. The summed E-state index contributed by atoms with van der Waals surface area (Å²) >= 11 is 0. The van der Waals surface area contributed by atoms with Gasteiger partial charge in [-0.1, -0.05) is 18.2 Å². The van der Waals surface area contributed by atoms with Crippen molar-refractivity contribution in [2.24, 2.45) is 0 Å². The lowest BCUT2D eigenvalue weighted by Gasteiger charge is -2.15. The van der Waals surface area contributed by atoms with Crippen LogP contribution >= 0.6 is 0 Å². The Balaban J connectivity index is 1.53. The predicted molar refractivity (Wildman–Crippen MR) is 109 cm³/mol. The summed E-state index contributed by atoms with van der Waals surface area (Å²) in [5.41, 5.74) is 5.84. The highest BCUT2D eigenvalue weighted by Gasteiger charge is 2.16. The fraction of sp³-hybridized carbons (Fsp3) is 0.273. The molecule has 0 radical (unpaired) electrons. The molecule has 0 spiro atoms. The van der Waals surface area contributed by atoms with Gasteiger partial charge in [-0.05, 0) is 56.5 Å². The number of fused-ring (bicyclic) bond motifs is 3. The number of rotatable bonds is 5. The third-order valence-electron chi connectivity index (χ3n) is 5.18. The molecule has 0 aliphatic heterocycles. The molecule has 3 aromatic heterocycles. The predicted octanol–water partition coefficient (Wildman–Crippen LogP) is 3.70. The van der Waals surface area contributed by atoms with E-state index in [-0.39, 0.29) is 11.9 Å². The Labute approximate surface area is 163 Å². The van der Waals surface area contributed by atoms with Gasteiger partial charge in [0.1, 0.15) is 0 Å². The number of benzene rings is 1. The molecule has 3 heterocycles. The smallest absolute Gasteiger partial charge is 0.220 e. The summed E-state index contributed by atoms with van der Waals surface area (Å²) in [6, 6.07) is 11.8. The number of pyridine rings is 1. The Morgan fingerprint density at radius 1 is 1.18 bits per heavy atom. The van der Waals surface area contributed by atoms with Gasteiger partial charge >= 0.3 is 0 Å². The maximum Gasteiger partial charge on any atom is 0.220 e. The van der Waals surface area contributed by atoms with Gasteiger partial charge in [0.05, 0.1) is 11.6 Å². The Hall–Kier alpha value is -3.28. The quantitative estimate of drug-likeness (QED) is 0.579. The van der Waals surface area contributed by atoms with Crippen LogP contribution in [0.4, 0.5) is 0 Å². The van der Waals surface area contributed by atoms with E-state index in [0.717, 1.165) is 39.1 Å². The summed E-state index contributed by atoms with van der Waals surface area (Å²) in [6.45, 7) is 6.01. The van der Waals surface area contributed by atoms with E-state index in [1.54, 1.807) is 12.4 Å². The highest BCUT2D eigenvalue weighted by atomic mass is 16.1. The minimum Gasteiger partial charge on any atom is -0.350 e. The summed E-state index contributed by atoms with van der Waals surface area (Å²) in [5, 5.41) is 8.77. The SMILES string of the molecule is Cc1nc2c3ccccc3nn2c(C)c1CCC(=O)NC(C)c1cccnc1. The Morgan fingerprint density at radius 2 is 2.00 bits per heavy atom. The lowest BCUT2D eigenvalue weighted by atomic mass is 10.1. The number of nitrogens with one attached hydrogen (secondary N) is 1. The summed E-state index contributed by atoms with van der Waals surface area (Å²) in [5.74, 6) is 0.0147. The molecule has 0 saturated heterocycles. The fourth-order valence-electron chi connectivity index (χ4n) is 3.61. The van der Waals surface area contributed by atoms with Gasteiger partial charge in [0.2, 0.25) is 5.91 Å². The third kappa shape index (κ3) is 3.33. The second-order valence-corrected chi connectivity index (χ2v) is 7.09. The summed E-state index contributed by atoms with van der Waals surface area (Å²) in [4.78, 5) is 21.3. The minimum atomic E-state index is -0.0691. The van der Waals surface area contributed by atoms with Gasteiger partial charge in [0, 0.05) is 35.6 Å². The molecule has 6 heteroatoms. The monoisotopic (exact) mass is 373 g/mol. The van der Waals surface area contributed by atoms with E-state index in [1.165, 1.54) is 0 Å². The normalized spacial score (nSPS) is 12.4. The number of aryl methyl sites for hydroxylation is 2. The molecule has 4 aromatic rings. The zero-order valence-corrected chi connectivity index (χ0v) is 16.3. The number of carbonyl (C=O) groups is 1. The van der Waals surface area contributed by atoms with Gasteiger partial charge in [-0.3, -0.25) is 9.78 Å². The van der Waals surface area contributed by atoms with Crippen LogP contribution in [-0.2, 0) is 11.2 Å². The molecule has 1 N–H and O–H groups in total. The molecule has 0 aliphatic rings. The molecule has 6 nitrogen and oxygen atoms in total. The molecular weight excluding hydrogens is 350 g/mol. The van der Waals surface area contributed by atoms with Crippen molar-refractivity contribution >= 4 is 22.5 Å². The first kappa shape index (κ1) is 18.1. The van der Waals surface area contributed by atoms with Crippen LogP contribution in [0.2, 0.25) is 0 Å². The zero-order valence-electron chi connectivity index (χ0n) is 16.3. The first-order valence-electron chi connectivity index (χ1n) is 9.47. The van der Waals surface area contributed by atoms with Gasteiger partial charge in [0.25, 0.3) is 0 Å². The number of nitrogens with zero attached hydrogens (tertiary/aromatic N) is 4. The number of hydrogen-bond acceptors (Lipinski definition) is 4. The first-order chi connectivity index (χ1) is 13.5. The van der Waals surface area contributed by atoms with E-state index in [4.69, 9.17) is 4.98 Å². The topological polar surface area (TPSA) is 72.2 Å². The first-order valence-corrected chi connectivity index (χ1v) is 9.47. The summed E-state index contributed by atoms with van der Waals surface area (Å²) in [6.07, 6.45) is 4.54. The van der Waals surface area contributed by atoms with Crippen molar-refractivity contribution in [2.45, 2.75) is 39.7 Å². The van der Waals surface area contributed by atoms with Crippen LogP contribution in [0.3, 0.4) is 0 Å². The second kappa shape index (κ2) is 7.38. The summed E-state index contributed by atoms with van der Waals surface area (Å²) in [7, 11) is 0. The lowest BCUT2D eigenvalue weighted by molar-refractivity contribution is -0.121. The van der Waals surface area contributed by atoms with E-state index in [2.05, 4.69) is 15.4 Å². The molecule has 0 fully saturated rings. The number of amides is 1. The van der Waals surface area contributed by atoms with Crippen molar-refractivity contribution in [2.75, 3.05) is 0 Å². The molecular formula is C22H23N5O. The van der Waals surface area contributed by atoms with Gasteiger partial charge < -0.3 is 5.32 Å². The van der Waals surface area contributed by atoms with Crippen LogP contribution in [-0.4, -0.2) is 25.5 Å². The van der Waals surface area contributed by atoms with Crippen LogP contribution in [0.25, 0.3) is 16.6 Å². The molecule has 142 valence electrons. The average molecular weight is 373 g/mol. The molecule has 28 heavy (non-hydrogen) atoms. The number of hydrogen-bond donors (Lipinski definition) is 1. The maximum absolute atomic E-state index is 12.5. The van der Waals surface area contributed by atoms with E-state index < -0.39 is 0 Å². The van der Waals surface area contributed by atoms with E-state index in [9.17, 15) is 4.79 Å². The molecule has 1 aromatic carbocycles. The molecule has 0 aliphatic carbocycles. The van der Waals surface area contributed by atoms with Gasteiger partial charge in [-0.15, -0.1) is 0 Å². The van der Waals surface area contributed by atoms with Crippen LogP contribution < -0.4 is 5.32 Å². The van der Waals surface area contributed by atoms with Crippen molar-refractivity contribution in [1.29, 1.82) is 0 Å². The fourth-order valence-corrected chi connectivity index (χ4v) is 3.61. The third-order valence-corrected chi connectivity index (χ3v) is 5.18. The van der Waals surface area contributed by atoms with Crippen LogP contribution in [0.15, 0.2) is 48.8 Å². The lowest BCUT2D eigenvalue weighted by Crippen LogP contribution is -2.27. The Morgan fingerprint density at radius 3 is 2.79 bits per heavy atom. The highest BCUT2D eigenvalue weighted by molar-refractivity contribution is 5.92. The number of carbonyl (C=O) groups excluding carboxylic acids is 1. The molecule has 0 bridgehead atoms. The van der Waals surface area contributed by atoms with Crippen molar-refractivity contribution in [3.63, 3.8) is 0 Å². The molecule has 4 rings (SSSR count). The van der Waals surface area contributed by atoms with E-state index in [1.807, 2.05) is 61.7 Å². The van der Waals surface area contributed by atoms with Gasteiger partial charge in [-0.2, -0.15) is 5.10 Å². The highest BCUT2D eigenvalue weighted by Crippen LogP contribution is 2.23. The van der Waals surface area contributed by atoms with Crippen molar-refractivity contribution in [1.82, 2.24) is 24.9 Å². The molecule has 1 atom stereocenters. The van der Waals surface area contributed by atoms with Crippen molar-refractivity contribution in [3.05, 3.63) is 71.3 Å². The summed E-state index contributed by atoms with van der Waals surface area (Å²) < 4.78 is 1.89. The van der Waals surface area contributed by atoms with E-state index in [0.29, 0.717) is 12.8 Å². The minimum absolute atomic E-state index is 0.0147.